The largest absolute Gasteiger partial charge is 0.353 e. The lowest BCUT2D eigenvalue weighted by Crippen LogP contribution is -2.24. The van der Waals surface area contributed by atoms with Crippen molar-refractivity contribution < 1.29 is 24.0 Å². The van der Waals surface area contributed by atoms with Gasteiger partial charge >= 0.3 is 0 Å². The third-order valence-corrected chi connectivity index (χ3v) is 8.53. The van der Waals surface area contributed by atoms with E-state index in [-0.39, 0.29) is 29.5 Å². The predicted molar refractivity (Wildman–Crippen MR) is 246 cm³/mol. The standard InChI is InChI=1S/C13H23NO.C10H17NO.C9H15NO.C9H13NO.C8H13NO/c1-2-3-4-5-6-7-8-9-13(15)14-12-10-11-12;1-2-3-4-5-6-10(12)11-9-7-8-9;2*1-2-3-4-5-9(11)10-8-6-7-8;1-3-5-6-7-8(10)9-4-2/h6-7,12H,2-5,8-11H2,1H3,(H,14,15);3-4,9H,2,5-8H2,1H3,(H,11,12);3-4,8H,2,5-7H2,1H3,(H,10,11);2-5,8H,6-7H2,1H3,(H,10,11);3,5-7H,4H2,1-2H3,(H,9,10)/b7-6-;2*4-3-;3-2+,5-4+;5-3+,7-6+. The maximum absolute atomic E-state index is 11.3. The first kappa shape index (κ1) is 54.5. The molecule has 0 bridgehead atoms. The highest BCUT2D eigenvalue weighted by Gasteiger charge is 2.24. The van der Waals surface area contributed by atoms with Crippen LogP contribution < -0.4 is 26.6 Å². The smallest absolute Gasteiger partial charge is 0.244 e. The first-order valence-electron chi connectivity index (χ1n) is 22.6. The van der Waals surface area contributed by atoms with Gasteiger partial charge in [0.05, 0.1) is 0 Å². The Bertz CT molecular complexity index is 1350. The zero-order valence-electron chi connectivity index (χ0n) is 37.6. The van der Waals surface area contributed by atoms with Crippen molar-refractivity contribution in [3.63, 3.8) is 0 Å². The molecule has 0 aromatic heterocycles. The van der Waals surface area contributed by atoms with E-state index >= 15 is 0 Å². The number of hydrogen-bond donors (Lipinski definition) is 5. The van der Waals surface area contributed by atoms with Crippen LogP contribution in [-0.2, 0) is 24.0 Å². The van der Waals surface area contributed by atoms with Crippen molar-refractivity contribution >= 4 is 29.5 Å². The highest BCUT2D eigenvalue weighted by molar-refractivity contribution is 5.88. The van der Waals surface area contributed by atoms with Crippen LogP contribution >= 0.6 is 0 Å². The third kappa shape index (κ3) is 44.5. The second-order valence-electron chi connectivity index (χ2n) is 15.0. The topological polar surface area (TPSA) is 146 Å². The van der Waals surface area contributed by atoms with E-state index in [1.807, 2.05) is 57.2 Å². The van der Waals surface area contributed by atoms with Gasteiger partial charge in [-0.25, -0.2) is 0 Å². The van der Waals surface area contributed by atoms with E-state index in [2.05, 4.69) is 71.7 Å². The number of carbonyl (C=O) groups is 5. The zero-order chi connectivity index (χ0) is 43.8. The number of hydrogen-bond acceptors (Lipinski definition) is 5. The van der Waals surface area contributed by atoms with Crippen molar-refractivity contribution in [2.45, 2.75) is 188 Å². The third-order valence-electron chi connectivity index (χ3n) is 8.53. The number of carbonyl (C=O) groups excluding carboxylic acids is 5. The minimum absolute atomic E-state index is 0.0191. The minimum Gasteiger partial charge on any atom is -0.353 e. The number of nitrogens with one attached hydrogen (secondary N) is 5. The lowest BCUT2D eigenvalue weighted by atomic mass is 10.2. The van der Waals surface area contributed by atoms with E-state index in [9.17, 15) is 24.0 Å². The Balaban J connectivity index is 0.000000718. The van der Waals surface area contributed by atoms with Crippen LogP contribution in [0.15, 0.2) is 85.1 Å². The molecule has 0 unspecified atom stereocenters. The number of likely N-dealkylation sites (N-methyl/N-ethyl adjacent to an activating group) is 1. The number of rotatable bonds is 23. The first-order chi connectivity index (χ1) is 28.6. The Hall–Kier alpha value is -4.47. The van der Waals surface area contributed by atoms with Gasteiger partial charge in [0.1, 0.15) is 0 Å². The summed E-state index contributed by atoms with van der Waals surface area (Å²) < 4.78 is 0. The van der Waals surface area contributed by atoms with E-state index in [4.69, 9.17) is 0 Å². The fourth-order valence-corrected chi connectivity index (χ4v) is 4.61. The molecular formula is C49H81N5O5. The Morgan fingerprint density at radius 1 is 0.475 bits per heavy atom. The molecule has 4 aliphatic rings. The Morgan fingerprint density at radius 2 is 0.898 bits per heavy atom. The van der Waals surface area contributed by atoms with Crippen LogP contribution in [0, 0.1) is 0 Å². The molecule has 59 heavy (non-hydrogen) atoms. The maximum atomic E-state index is 11.3. The summed E-state index contributed by atoms with van der Waals surface area (Å²) in [6.07, 6.45) is 46.5. The molecule has 0 aromatic carbocycles. The van der Waals surface area contributed by atoms with E-state index in [0.717, 1.165) is 44.9 Å². The summed E-state index contributed by atoms with van der Waals surface area (Å²) in [5.74, 6) is 0.567. The Morgan fingerprint density at radius 3 is 1.34 bits per heavy atom. The second kappa shape index (κ2) is 39.0. The van der Waals surface area contributed by atoms with Crippen molar-refractivity contribution in [2.24, 2.45) is 0 Å². The quantitative estimate of drug-likeness (QED) is 0.0302. The minimum atomic E-state index is -0.0411. The van der Waals surface area contributed by atoms with Gasteiger partial charge in [-0.15, -0.1) is 0 Å². The van der Waals surface area contributed by atoms with Gasteiger partial charge in [0.2, 0.25) is 29.5 Å². The predicted octanol–water partition coefficient (Wildman–Crippen LogP) is 9.47. The van der Waals surface area contributed by atoms with Gasteiger partial charge in [0, 0.05) is 62.1 Å². The Kier molecular flexibility index (Phi) is 36.1. The normalized spacial score (nSPS) is 15.8. The SMILES string of the molecule is C/C=C/C=C/C(=O)NC1CC1.C/C=C/C=C/C(=O)NCC.CC/C=C\CC(=O)NC1CC1.CC/C=C\CCC(=O)NC1CC1.CCCCC/C=C\CCC(=O)NC1CC1. The van der Waals surface area contributed by atoms with Crippen molar-refractivity contribution in [2.75, 3.05) is 6.54 Å². The van der Waals surface area contributed by atoms with Gasteiger partial charge in [-0.3, -0.25) is 24.0 Å². The first-order valence-corrected chi connectivity index (χ1v) is 22.6. The van der Waals surface area contributed by atoms with E-state index in [1.54, 1.807) is 18.2 Å². The summed E-state index contributed by atoms with van der Waals surface area (Å²) in [5, 5.41) is 14.4. The molecule has 0 heterocycles. The van der Waals surface area contributed by atoms with Crippen LogP contribution in [0.3, 0.4) is 0 Å². The van der Waals surface area contributed by atoms with Crippen molar-refractivity contribution in [1.29, 1.82) is 0 Å². The fraction of sp³-hybridized carbons (Fsp3) is 0.612. The molecule has 4 aliphatic carbocycles. The molecule has 10 heteroatoms. The van der Waals surface area contributed by atoms with E-state index in [0.29, 0.717) is 50.0 Å². The number of amides is 5. The van der Waals surface area contributed by atoms with Crippen molar-refractivity contribution in [1.82, 2.24) is 26.6 Å². The second-order valence-corrected chi connectivity index (χ2v) is 15.0. The van der Waals surface area contributed by atoms with E-state index < -0.39 is 0 Å². The van der Waals surface area contributed by atoms with Crippen LogP contribution in [-0.4, -0.2) is 60.2 Å². The molecule has 10 nitrogen and oxygen atoms in total. The van der Waals surface area contributed by atoms with Gasteiger partial charge in [0.15, 0.2) is 0 Å². The average molecular weight is 820 g/mol. The lowest BCUT2D eigenvalue weighted by molar-refractivity contribution is -0.122. The maximum Gasteiger partial charge on any atom is 0.244 e. The van der Waals surface area contributed by atoms with Crippen molar-refractivity contribution in [3.8, 4) is 0 Å². The number of unbranched alkanes of at least 4 members (excludes halogenated alkanes) is 3. The molecule has 0 aromatic rings. The van der Waals surface area contributed by atoms with Crippen LogP contribution in [0.5, 0.6) is 0 Å². The van der Waals surface area contributed by atoms with Gasteiger partial charge in [-0.2, -0.15) is 0 Å². The van der Waals surface area contributed by atoms with Gasteiger partial charge < -0.3 is 26.6 Å². The number of allylic oxidation sites excluding steroid dienone is 11. The summed E-state index contributed by atoms with van der Waals surface area (Å²) in [7, 11) is 0. The highest BCUT2D eigenvalue weighted by atomic mass is 16.2. The van der Waals surface area contributed by atoms with Crippen LogP contribution in [0.25, 0.3) is 0 Å². The average Bonchev–Trinajstić information content (AvgIpc) is 3.98. The summed E-state index contributed by atoms with van der Waals surface area (Å²) in [4.78, 5) is 55.0. The van der Waals surface area contributed by atoms with Crippen LogP contribution in [0.1, 0.15) is 164 Å². The lowest BCUT2D eigenvalue weighted by Gasteiger charge is -1.99. The molecule has 4 fully saturated rings. The highest BCUT2D eigenvalue weighted by Crippen LogP contribution is 2.20. The molecule has 4 saturated carbocycles. The molecule has 0 atom stereocenters. The van der Waals surface area contributed by atoms with Crippen molar-refractivity contribution in [3.05, 3.63) is 85.1 Å². The molecule has 0 spiro atoms. The summed E-state index contributed by atoms with van der Waals surface area (Å²) in [6, 6.07) is 1.97. The zero-order valence-corrected chi connectivity index (χ0v) is 37.6. The molecule has 0 saturated heterocycles. The summed E-state index contributed by atoms with van der Waals surface area (Å²) >= 11 is 0. The molecule has 0 radical (unpaired) electrons. The molecular weight excluding hydrogens is 739 g/mol. The van der Waals surface area contributed by atoms with E-state index in [1.165, 1.54) is 63.9 Å². The summed E-state index contributed by atoms with van der Waals surface area (Å²) in [5.41, 5.74) is 0. The molecule has 5 N–H and O–H groups in total. The van der Waals surface area contributed by atoms with Gasteiger partial charge in [0.25, 0.3) is 0 Å². The van der Waals surface area contributed by atoms with Gasteiger partial charge in [-0.1, -0.05) is 107 Å². The molecule has 5 amide bonds. The molecule has 0 aliphatic heterocycles. The van der Waals surface area contributed by atoms with Gasteiger partial charge in [-0.05, 0) is 111 Å². The molecule has 4 rings (SSSR count). The monoisotopic (exact) mass is 820 g/mol. The van der Waals surface area contributed by atoms with Crippen LogP contribution in [0.4, 0.5) is 0 Å². The Labute approximate surface area is 358 Å². The molecule has 332 valence electrons. The van der Waals surface area contributed by atoms with Crippen LogP contribution in [0.2, 0.25) is 0 Å². The summed E-state index contributed by atoms with van der Waals surface area (Å²) in [6.45, 7) is 12.8. The fourth-order valence-electron chi connectivity index (χ4n) is 4.61.